The smallest absolute Gasteiger partial charge is 0.131 e. The highest BCUT2D eigenvalue weighted by atomic mass is 79.9. The van der Waals surface area contributed by atoms with Gasteiger partial charge in [0, 0.05) is 10.9 Å². The summed E-state index contributed by atoms with van der Waals surface area (Å²) in [7, 11) is 0. The van der Waals surface area contributed by atoms with Crippen LogP contribution in [0.4, 0.5) is 0 Å². The molecule has 16 heavy (non-hydrogen) atoms. The molecule has 0 aliphatic carbocycles. The number of carbonyl (C=O) groups excluding carboxylic acids is 1. The molecule has 0 fully saturated rings. The first-order valence-corrected chi connectivity index (χ1v) is 5.91. The maximum Gasteiger partial charge on any atom is 0.131 e. The number of aryl methyl sites for hydroxylation is 1. The van der Waals surface area contributed by atoms with Crippen LogP contribution in [0.3, 0.4) is 0 Å². The van der Waals surface area contributed by atoms with Gasteiger partial charge in [0.1, 0.15) is 5.78 Å². The highest BCUT2D eigenvalue weighted by Gasteiger charge is 2.17. The normalized spacial score (nSPS) is 11.9. The fraction of sp³-hybridized carbons (Fsp3) is 0.385. The Morgan fingerprint density at radius 3 is 2.62 bits per heavy atom. The van der Waals surface area contributed by atoms with Gasteiger partial charge < -0.3 is 0 Å². The van der Waals surface area contributed by atoms with Gasteiger partial charge in [0.25, 0.3) is 0 Å². The minimum atomic E-state index is -0.339. The summed E-state index contributed by atoms with van der Waals surface area (Å²) in [4.78, 5) is 11.1. The minimum absolute atomic E-state index is 0.0441. The fourth-order valence-electron chi connectivity index (χ4n) is 1.73. The summed E-state index contributed by atoms with van der Waals surface area (Å²) in [6.07, 6.45) is 0.285. The lowest BCUT2D eigenvalue weighted by Crippen LogP contribution is -2.04. The lowest BCUT2D eigenvalue weighted by atomic mass is 9.91. The van der Waals surface area contributed by atoms with Crippen molar-refractivity contribution in [2.24, 2.45) is 0 Å². The molecular weight excluding hydrogens is 266 g/mol. The quantitative estimate of drug-likeness (QED) is 0.847. The third-order valence-electron chi connectivity index (χ3n) is 2.64. The maximum atomic E-state index is 11.1. The molecule has 1 aromatic carbocycles. The lowest BCUT2D eigenvalue weighted by molar-refractivity contribution is -0.117. The Kier molecular flexibility index (Phi) is 4.26. The minimum Gasteiger partial charge on any atom is -0.300 e. The van der Waals surface area contributed by atoms with Crippen molar-refractivity contribution < 1.29 is 4.79 Å². The predicted octanol–water partition coefficient (Wildman–Crippen LogP) is 3.65. The van der Waals surface area contributed by atoms with Crippen molar-refractivity contribution in [3.8, 4) is 6.07 Å². The standard InChI is InChI=1S/C13H14BrNO/c1-8-4-5-12(10(3)13(8)14)11(7-15)6-9(2)16/h4-5,11H,6H2,1-3H3. The van der Waals surface area contributed by atoms with Crippen LogP contribution in [0.1, 0.15) is 36.0 Å². The first-order chi connectivity index (χ1) is 7.47. The Balaban J connectivity index is 3.17. The number of ketones is 1. The summed E-state index contributed by atoms with van der Waals surface area (Å²) in [6.45, 7) is 5.49. The molecule has 1 unspecified atom stereocenters. The second kappa shape index (κ2) is 5.27. The van der Waals surface area contributed by atoms with E-state index in [0.717, 1.165) is 21.2 Å². The van der Waals surface area contributed by atoms with E-state index in [1.54, 1.807) is 0 Å². The Bertz CT molecular complexity index is 460. The number of rotatable bonds is 3. The molecule has 0 aromatic heterocycles. The first kappa shape index (κ1) is 12.9. The van der Waals surface area contributed by atoms with Gasteiger partial charge in [0.05, 0.1) is 12.0 Å². The Hall–Kier alpha value is -1.14. The van der Waals surface area contributed by atoms with Crippen molar-refractivity contribution in [3.05, 3.63) is 33.3 Å². The van der Waals surface area contributed by atoms with Crippen LogP contribution in [-0.2, 0) is 4.79 Å². The third-order valence-corrected chi connectivity index (χ3v) is 3.86. The van der Waals surface area contributed by atoms with Crippen LogP contribution in [0.2, 0.25) is 0 Å². The number of benzene rings is 1. The van der Waals surface area contributed by atoms with E-state index in [-0.39, 0.29) is 18.1 Å². The monoisotopic (exact) mass is 279 g/mol. The van der Waals surface area contributed by atoms with Crippen molar-refractivity contribution in [1.29, 1.82) is 5.26 Å². The van der Waals surface area contributed by atoms with E-state index in [1.807, 2.05) is 26.0 Å². The molecule has 1 rings (SSSR count). The number of hydrogen-bond acceptors (Lipinski definition) is 2. The second-order valence-corrected chi connectivity index (χ2v) is 4.79. The molecule has 0 spiro atoms. The molecule has 0 saturated carbocycles. The zero-order chi connectivity index (χ0) is 12.3. The van der Waals surface area contributed by atoms with Crippen molar-refractivity contribution >= 4 is 21.7 Å². The Morgan fingerprint density at radius 2 is 2.12 bits per heavy atom. The lowest BCUT2D eigenvalue weighted by Gasteiger charge is -2.13. The molecule has 84 valence electrons. The summed E-state index contributed by atoms with van der Waals surface area (Å²) in [5.74, 6) is -0.294. The molecular formula is C13H14BrNO. The number of nitriles is 1. The van der Waals surface area contributed by atoms with Crippen LogP contribution in [0.15, 0.2) is 16.6 Å². The molecule has 0 bridgehead atoms. The van der Waals surface area contributed by atoms with Gasteiger partial charge in [0.15, 0.2) is 0 Å². The van der Waals surface area contributed by atoms with E-state index in [9.17, 15) is 4.79 Å². The van der Waals surface area contributed by atoms with Crippen molar-refractivity contribution in [2.45, 2.75) is 33.1 Å². The summed E-state index contributed by atoms with van der Waals surface area (Å²) in [5, 5.41) is 9.10. The molecule has 2 nitrogen and oxygen atoms in total. The van der Waals surface area contributed by atoms with Gasteiger partial charge >= 0.3 is 0 Å². The zero-order valence-corrected chi connectivity index (χ0v) is 11.3. The SMILES string of the molecule is CC(=O)CC(C#N)c1ccc(C)c(Br)c1C. The number of Topliss-reactive ketones (excluding diaryl/α,β-unsaturated/α-hetero) is 1. The highest BCUT2D eigenvalue weighted by Crippen LogP contribution is 2.30. The van der Waals surface area contributed by atoms with Gasteiger partial charge in [-0.1, -0.05) is 28.1 Å². The highest BCUT2D eigenvalue weighted by molar-refractivity contribution is 9.10. The second-order valence-electron chi connectivity index (χ2n) is 4.00. The molecule has 3 heteroatoms. The molecule has 1 atom stereocenters. The largest absolute Gasteiger partial charge is 0.300 e. The Labute approximate surface area is 104 Å². The van der Waals surface area contributed by atoms with Gasteiger partial charge in [-0.2, -0.15) is 5.26 Å². The summed E-state index contributed by atoms with van der Waals surface area (Å²) >= 11 is 3.50. The van der Waals surface area contributed by atoms with Crippen LogP contribution < -0.4 is 0 Å². The van der Waals surface area contributed by atoms with Crippen LogP contribution in [-0.4, -0.2) is 5.78 Å². The average Bonchev–Trinajstić information content (AvgIpc) is 2.23. The molecule has 0 amide bonds. The molecule has 0 saturated heterocycles. The summed E-state index contributed by atoms with van der Waals surface area (Å²) in [6, 6.07) is 6.10. The van der Waals surface area contributed by atoms with Gasteiger partial charge in [-0.25, -0.2) is 0 Å². The van der Waals surface area contributed by atoms with E-state index in [1.165, 1.54) is 6.92 Å². The number of nitrogens with zero attached hydrogens (tertiary/aromatic N) is 1. The topological polar surface area (TPSA) is 40.9 Å². The molecule has 0 N–H and O–H groups in total. The number of carbonyl (C=O) groups is 1. The summed E-state index contributed by atoms with van der Waals surface area (Å²) < 4.78 is 1.02. The summed E-state index contributed by atoms with van der Waals surface area (Å²) in [5.41, 5.74) is 3.13. The molecule has 0 aliphatic rings. The maximum absolute atomic E-state index is 11.1. The molecule has 0 aliphatic heterocycles. The van der Waals surface area contributed by atoms with Gasteiger partial charge in [0.2, 0.25) is 0 Å². The average molecular weight is 280 g/mol. The van der Waals surface area contributed by atoms with E-state index < -0.39 is 0 Å². The van der Waals surface area contributed by atoms with Crippen LogP contribution in [0.5, 0.6) is 0 Å². The van der Waals surface area contributed by atoms with Gasteiger partial charge in [-0.15, -0.1) is 0 Å². The molecule has 0 radical (unpaired) electrons. The van der Waals surface area contributed by atoms with Crippen molar-refractivity contribution in [1.82, 2.24) is 0 Å². The van der Waals surface area contributed by atoms with Crippen LogP contribution in [0, 0.1) is 25.2 Å². The first-order valence-electron chi connectivity index (χ1n) is 5.12. The fourth-order valence-corrected chi connectivity index (χ4v) is 2.09. The number of halogens is 1. The van der Waals surface area contributed by atoms with Crippen LogP contribution >= 0.6 is 15.9 Å². The third kappa shape index (κ3) is 2.70. The van der Waals surface area contributed by atoms with E-state index in [2.05, 4.69) is 22.0 Å². The molecule has 1 aromatic rings. The van der Waals surface area contributed by atoms with E-state index >= 15 is 0 Å². The van der Waals surface area contributed by atoms with Crippen molar-refractivity contribution in [3.63, 3.8) is 0 Å². The zero-order valence-electron chi connectivity index (χ0n) is 9.67. The van der Waals surface area contributed by atoms with Crippen LogP contribution in [0.25, 0.3) is 0 Å². The van der Waals surface area contributed by atoms with Crippen molar-refractivity contribution in [2.75, 3.05) is 0 Å². The van der Waals surface area contributed by atoms with Gasteiger partial charge in [-0.05, 0) is 37.5 Å². The van der Waals surface area contributed by atoms with E-state index in [4.69, 9.17) is 5.26 Å². The molecule has 0 heterocycles. The van der Waals surface area contributed by atoms with E-state index in [0.29, 0.717) is 0 Å². The predicted molar refractivity (Wildman–Crippen MR) is 67.3 cm³/mol. The van der Waals surface area contributed by atoms with Gasteiger partial charge in [-0.3, -0.25) is 4.79 Å². The number of hydrogen-bond donors (Lipinski definition) is 0. The Morgan fingerprint density at radius 1 is 1.50 bits per heavy atom.